The van der Waals surface area contributed by atoms with Crippen molar-refractivity contribution >= 4 is 12.6 Å². The van der Waals surface area contributed by atoms with Crippen LogP contribution in [0.2, 0.25) is 0 Å². The fourth-order valence-corrected chi connectivity index (χ4v) is 3.32. The van der Waals surface area contributed by atoms with Gasteiger partial charge in [-0.05, 0) is 24.0 Å². The van der Waals surface area contributed by atoms with Crippen molar-refractivity contribution in [3.8, 4) is 0 Å². The van der Waals surface area contributed by atoms with Gasteiger partial charge in [0.05, 0.1) is 13.2 Å². The Morgan fingerprint density at radius 2 is 1.73 bits per heavy atom. The van der Waals surface area contributed by atoms with Crippen LogP contribution in [-0.2, 0) is 4.74 Å². The lowest BCUT2D eigenvalue weighted by Gasteiger charge is -2.41. The Balaban J connectivity index is 1.87. The Morgan fingerprint density at radius 1 is 1.07 bits per heavy atom. The van der Waals surface area contributed by atoms with Crippen molar-refractivity contribution in [1.82, 2.24) is 4.90 Å². The monoisotopic (exact) mass is 229 g/mol. The quantitative estimate of drug-likeness (QED) is 0.745. The number of hydrogen-bond donors (Lipinski definition) is 1. The van der Waals surface area contributed by atoms with E-state index in [0.29, 0.717) is 5.41 Å². The maximum absolute atomic E-state index is 5.39. The molecule has 0 radical (unpaired) electrons. The third kappa shape index (κ3) is 3.11. The second kappa shape index (κ2) is 5.55. The molecule has 1 saturated carbocycles. The molecule has 0 N–H and O–H groups in total. The first kappa shape index (κ1) is 11.7. The summed E-state index contributed by atoms with van der Waals surface area (Å²) in [6.07, 6.45) is 7.01. The minimum absolute atomic E-state index is 0.513. The molecule has 0 amide bonds. The molecule has 0 aromatic carbocycles. The molecule has 0 aromatic rings. The summed E-state index contributed by atoms with van der Waals surface area (Å²) in [6, 6.07) is 0. The number of ether oxygens (including phenoxy) is 1. The van der Waals surface area contributed by atoms with Crippen LogP contribution in [0.25, 0.3) is 0 Å². The molecule has 1 saturated heterocycles. The molecule has 2 aliphatic rings. The largest absolute Gasteiger partial charge is 0.379 e. The maximum Gasteiger partial charge on any atom is 0.0594 e. The van der Waals surface area contributed by atoms with Gasteiger partial charge in [-0.3, -0.25) is 4.90 Å². The Kier molecular flexibility index (Phi) is 4.35. The molecule has 3 heteroatoms. The third-order valence-electron chi connectivity index (χ3n) is 3.91. The Hall–Kier alpha value is 0.270. The van der Waals surface area contributed by atoms with Crippen molar-refractivity contribution in [1.29, 1.82) is 0 Å². The summed E-state index contributed by atoms with van der Waals surface area (Å²) in [6.45, 7) is 5.33. The summed E-state index contributed by atoms with van der Waals surface area (Å²) in [5.41, 5.74) is 0.513. The lowest BCUT2D eigenvalue weighted by Crippen LogP contribution is -2.45. The first-order chi connectivity index (χ1) is 7.35. The number of rotatable bonds is 3. The lowest BCUT2D eigenvalue weighted by atomic mass is 9.75. The van der Waals surface area contributed by atoms with Gasteiger partial charge < -0.3 is 4.74 Å². The summed E-state index contributed by atoms with van der Waals surface area (Å²) in [4.78, 5) is 2.57. The maximum atomic E-state index is 5.39. The van der Waals surface area contributed by atoms with Gasteiger partial charge >= 0.3 is 0 Å². The van der Waals surface area contributed by atoms with Crippen LogP contribution in [0.3, 0.4) is 0 Å². The van der Waals surface area contributed by atoms with E-state index in [1.54, 1.807) is 0 Å². The Morgan fingerprint density at radius 3 is 2.33 bits per heavy atom. The van der Waals surface area contributed by atoms with Gasteiger partial charge in [0.1, 0.15) is 0 Å². The zero-order valence-corrected chi connectivity index (χ0v) is 10.5. The molecular formula is C12H23NOS. The van der Waals surface area contributed by atoms with Gasteiger partial charge in [-0.2, -0.15) is 12.6 Å². The van der Waals surface area contributed by atoms with E-state index in [1.165, 1.54) is 38.6 Å². The van der Waals surface area contributed by atoms with E-state index in [-0.39, 0.29) is 0 Å². The first-order valence-corrected chi connectivity index (χ1v) is 6.89. The summed E-state index contributed by atoms with van der Waals surface area (Å²) in [5, 5.41) is 0. The molecule has 1 aliphatic heterocycles. The molecule has 15 heavy (non-hydrogen) atoms. The van der Waals surface area contributed by atoms with Crippen molar-refractivity contribution in [2.24, 2.45) is 5.41 Å². The van der Waals surface area contributed by atoms with Crippen molar-refractivity contribution in [2.75, 3.05) is 38.6 Å². The highest BCUT2D eigenvalue weighted by atomic mass is 32.1. The van der Waals surface area contributed by atoms with Gasteiger partial charge in [0.2, 0.25) is 0 Å². The van der Waals surface area contributed by atoms with Gasteiger partial charge in [0.15, 0.2) is 0 Å². The first-order valence-electron chi connectivity index (χ1n) is 6.26. The average molecular weight is 229 g/mol. The predicted molar refractivity (Wildman–Crippen MR) is 66.6 cm³/mol. The Bertz CT molecular complexity index is 186. The minimum atomic E-state index is 0.513. The Labute approximate surface area is 98.8 Å². The second-order valence-corrected chi connectivity index (χ2v) is 5.42. The average Bonchev–Trinajstić information content (AvgIpc) is 2.32. The highest BCUT2D eigenvalue weighted by Crippen LogP contribution is 2.38. The van der Waals surface area contributed by atoms with Gasteiger partial charge in [-0.25, -0.2) is 0 Å². The lowest BCUT2D eigenvalue weighted by molar-refractivity contribution is 0.0128. The van der Waals surface area contributed by atoms with Crippen LogP contribution in [0, 0.1) is 5.41 Å². The molecule has 2 rings (SSSR count). The zero-order chi connectivity index (χ0) is 10.6. The highest BCUT2D eigenvalue weighted by molar-refractivity contribution is 7.80. The van der Waals surface area contributed by atoms with Crippen LogP contribution in [0.15, 0.2) is 0 Å². The third-order valence-corrected chi connectivity index (χ3v) is 4.58. The van der Waals surface area contributed by atoms with Crippen molar-refractivity contribution in [3.63, 3.8) is 0 Å². The zero-order valence-electron chi connectivity index (χ0n) is 9.58. The van der Waals surface area contributed by atoms with Crippen LogP contribution < -0.4 is 0 Å². The number of nitrogens with zero attached hydrogens (tertiary/aromatic N) is 1. The van der Waals surface area contributed by atoms with E-state index in [1.807, 2.05) is 0 Å². The van der Waals surface area contributed by atoms with E-state index >= 15 is 0 Å². The van der Waals surface area contributed by atoms with Crippen molar-refractivity contribution < 1.29 is 4.74 Å². The van der Waals surface area contributed by atoms with E-state index in [9.17, 15) is 0 Å². The molecule has 0 unspecified atom stereocenters. The van der Waals surface area contributed by atoms with Crippen LogP contribution in [0.5, 0.6) is 0 Å². The number of hydrogen-bond acceptors (Lipinski definition) is 3. The standard InChI is InChI=1S/C12H23NOS/c15-11-12(4-2-1-3-5-12)10-13-6-8-14-9-7-13/h15H,1-11H2. The van der Waals surface area contributed by atoms with Crippen LogP contribution >= 0.6 is 12.6 Å². The number of morpholine rings is 1. The minimum Gasteiger partial charge on any atom is -0.379 e. The number of thiol groups is 1. The van der Waals surface area contributed by atoms with E-state index in [0.717, 1.165) is 32.1 Å². The van der Waals surface area contributed by atoms with Crippen molar-refractivity contribution in [2.45, 2.75) is 32.1 Å². The smallest absolute Gasteiger partial charge is 0.0594 e. The van der Waals surface area contributed by atoms with Gasteiger partial charge in [-0.1, -0.05) is 19.3 Å². The molecular weight excluding hydrogens is 206 g/mol. The molecule has 88 valence electrons. The van der Waals surface area contributed by atoms with Crippen LogP contribution in [0.1, 0.15) is 32.1 Å². The summed E-state index contributed by atoms with van der Waals surface area (Å²) >= 11 is 4.59. The second-order valence-electron chi connectivity index (χ2n) is 5.11. The molecule has 0 atom stereocenters. The van der Waals surface area contributed by atoms with Gasteiger partial charge in [0.25, 0.3) is 0 Å². The molecule has 0 bridgehead atoms. The molecule has 1 heterocycles. The predicted octanol–water partition coefficient (Wildman–Crippen LogP) is 2.20. The molecule has 1 aliphatic carbocycles. The van der Waals surface area contributed by atoms with E-state index in [2.05, 4.69) is 17.5 Å². The summed E-state index contributed by atoms with van der Waals surface area (Å²) < 4.78 is 5.39. The van der Waals surface area contributed by atoms with E-state index < -0.39 is 0 Å². The van der Waals surface area contributed by atoms with Crippen LogP contribution in [0.4, 0.5) is 0 Å². The molecule has 0 spiro atoms. The summed E-state index contributed by atoms with van der Waals surface area (Å²) in [7, 11) is 0. The molecule has 2 fully saturated rings. The van der Waals surface area contributed by atoms with Crippen molar-refractivity contribution in [3.05, 3.63) is 0 Å². The molecule has 2 nitrogen and oxygen atoms in total. The SMILES string of the molecule is SCC1(CN2CCOCC2)CCCCC1. The highest BCUT2D eigenvalue weighted by Gasteiger charge is 2.32. The normalized spacial score (nSPS) is 27.8. The fourth-order valence-electron chi connectivity index (χ4n) is 2.90. The topological polar surface area (TPSA) is 12.5 Å². The van der Waals surface area contributed by atoms with Crippen LogP contribution in [-0.4, -0.2) is 43.5 Å². The molecule has 0 aromatic heterocycles. The van der Waals surface area contributed by atoms with E-state index in [4.69, 9.17) is 4.74 Å². The summed E-state index contributed by atoms with van der Waals surface area (Å²) in [5.74, 6) is 1.06. The fraction of sp³-hybridized carbons (Fsp3) is 1.00. The van der Waals surface area contributed by atoms with Gasteiger partial charge in [-0.15, -0.1) is 0 Å². The van der Waals surface area contributed by atoms with Gasteiger partial charge in [0, 0.05) is 19.6 Å².